The van der Waals surface area contributed by atoms with Crippen LogP contribution >= 0.6 is 0 Å². The Kier molecular flexibility index (Phi) is 2.56. The van der Waals surface area contributed by atoms with Crippen LogP contribution in [0.4, 0.5) is 0 Å². The predicted molar refractivity (Wildman–Crippen MR) is 51.8 cm³/mol. The molecule has 0 saturated carbocycles. The zero-order valence-corrected chi connectivity index (χ0v) is 8.62. The molecule has 4 nitrogen and oxygen atoms in total. The summed E-state index contributed by atoms with van der Waals surface area (Å²) in [5, 5.41) is 3.42. The number of aromatic nitrogens is 1. The van der Waals surface area contributed by atoms with Gasteiger partial charge in [-0.2, -0.15) is 0 Å². The number of nitrogens with zero attached hydrogens (tertiary/aromatic N) is 1. The molecule has 0 bridgehead atoms. The van der Waals surface area contributed by atoms with Gasteiger partial charge in [0.15, 0.2) is 6.39 Å². The molecule has 4 heteroatoms. The highest BCUT2D eigenvalue weighted by molar-refractivity contribution is 4.94. The molecule has 0 amide bonds. The van der Waals surface area contributed by atoms with Crippen molar-refractivity contribution in [2.75, 3.05) is 6.61 Å². The molecule has 1 aromatic heterocycles. The van der Waals surface area contributed by atoms with Gasteiger partial charge in [0.25, 0.3) is 0 Å². The van der Waals surface area contributed by atoms with Crippen molar-refractivity contribution in [3.05, 3.63) is 18.4 Å². The molecule has 1 aliphatic heterocycles. The molecule has 0 aromatic carbocycles. The molecule has 78 valence electrons. The van der Waals surface area contributed by atoms with Gasteiger partial charge < -0.3 is 14.5 Å². The Morgan fingerprint density at radius 1 is 1.64 bits per heavy atom. The highest BCUT2D eigenvalue weighted by Crippen LogP contribution is 2.24. The maximum Gasteiger partial charge on any atom is 0.180 e. The summed E-state index contributed by atoms with van der Waals surface area (Å²) in [4.78, 5) is 3.87. The highest BCUT2D eigenvalue weighted by atomic mass is 16.5. The standard InChI is InChI=1S/C10H16N2O2/c1-10(2)9(3-4-14-10)12-6-8-5-11-7-13-8/h5,7,9,12H,3-4,6H2,1-2H3. The number of hydrogen-bond donors (Lipinski definition) is 1. The fourth-order valence-electron chi connectivity index (χ4n) is 1.79. The molecule has 1 aromatic rings. The van der Waals surface area contributed by atoms with Crippen LogP contribution in [0.5, 0.6) is 0 Å². The van der Waals surface area contributed by atoms with Gasteiger partial charge in [-0.25, -0.2) is 4.98 Å². The van der Waals surface area contributed by atoms with E-state index in [1.165, 1.54) is 6.39 Å². The largest absolute Gasteiger partial charge is 0.447 e. The monoisotopic (exact) mass is 196 g/mol. The Bertz CT molecular complexity index is 282. The van der Waals surface area contributed by atoms with Crippen molar-refractivity contribution in [3.8, 4) is 0 Å². The molecular formula is C10H16N2O2. The average Bonchev–Trinajstić information content (AvgIpc) is 2.71. The van der Waals surface area contributed by atoms with Crippen molar-refractivity contribution in [1.29, 1.82) is 0 Å². The van der Waals surface area contributed by atoms with Gasteiger partial charge in [-0.15, -0.1) is 0 Å². The van der Waals surface area contributed by atoms with Crippen LogP contribution in [0.3, 0.4) is 0 Å². The number of rotatable bonds is 3. The maximum absolute atomic E-state index is 5.61. The molecular weight excluding hydrogens is 180 g/mol. The fourth-order valence-corrected chi connectivity index (χ4v) is 1.79. The summed E-state index contributed by atoms with van der Waals surface area (Å²) < 4.78 is 10.8. The van der Waals surface area contributed by atoms with E-state index < -0.39 is 0 Å². The number of nitrogens with one attached hydrogen (secondary N) is 1. The van der Waals surface area contributed by atoms with Gasteiger partial charge in [-0.3, -0.25) is 0 Å². The summed E-state index contributed by atoms with van der Waals surface area (Å²) >= 11 is 0. The topological polar surface area (TPSA) is 47.3 Å². The third kappa shape index (κ3) is 1.96. The molecule has 0 aliphatic carbocycles. The average molecular weight is 196 g/mol. The van der Waals surface area contributed by atoms with Gasteiger partial charge in [0.2, 0.25) is 0 Å². The first kappa shape index (κ1) is 9.68. The quantitative estimate of drug-likeness (QED) is 0.792. The molecule has 1 unspecified atom stereocenters. The second-order valence-electron chi connectivity index (χ2n) is 4.14. The van der Waals surface area contributed by atoms with Gasteiger partial charge in [-0.1, -0.05) is 0 Å². The molecule has 1 fully saturated rings. The van der Waals surface area contributed by atoms with Gasteiger partial charge in [0.1, 0.15) is 5.76 Å². The van der Waals surface area contributed by atoms with Crippen LogP contribution in [-0.2, 0) is 11.3 Å². The van der Waals surface area contributed by atoms with Crippen LogP contribution < -0.4 is 5.32 Å². The molecule has 1 saturated heterocycles. The smallest absolute Gasteiger partial charge is 0.180 e. The maximum atomic E-state index is 5.61. The van der Waals surface area contributed by atoms with Gasteiger partial charge in [-0.05, 0) is 20.3 Å². The Hall–Kier alpha value is -0.870. The second kappa shape index (κ2) is 3.71. The van der Waals surface area contributed by atoms with Crippen molar-refractivity contribution < 1.29 is 9.15 Å². The summed E-state index contributed by atoms with van der Waals surface area (Å²) in [7, 11) is 0. The molecule has 1 N–H and O–H groups in total. The van der Waals surface area contributed by atoms with E-state index in [4.69, 9.17) is 9.15 Å². The van der Waals surface area contributed by atoms with Crippen molar-refractivity contribution >= 4 is 0 Å². The number of oxazole rings is 1. The number of hydrogen-bond acceptors (Lipinski definition) is 4. The molecule has 1 aliphatic rings. The second-order valence-corrected chi connectivity index (χ2v) is 4.14. The summed E-state index contributed by atoms with van der Waals surface area (Å²) in [5.41, 5.74) is -0.0694. The zero-order valence-electron chi connectivity index (χ0n) is 8.62. The first-order chi connectivity index (χ1) is 6.68. The van der Waals surface area contributed by atoms with Crippen LogP contribution in [0.2, 0.25) is 0 Å². The van der Waals surface area contributed by atoms with E-state index in [1.54, 1.807) is 6.20 Å². The molecule has 2 rings (SSSR count). The first-order valence-corrected chi connectivity index (χ1v) is 4.93. The zero-order chi connectivity index (χ0) is 10.0. The third-order valence-corrected chi connectivity index (χ3v) is 2.73. The van der Waals surface area contributed by atoms with Crippen molar-refractivity contribution in [3.63, 3.8) is 0 Å². The number of ether oxygens (including phenoxy) is 1. The SMILES string of the molecule is CC1(C)OCCC1NCc1cnco1. The van der Waals surface area contributed by atoms with Crippen LogP contribution in [0.1, 0.15) is 26.0 Å². The van der Waals surface area contributed by atoms with Crippen LogP contribution in [0.25, 0.3) is 0 Å². The van der Waals surface area contributed by atoms with E-state index in [-0.39, 0.29) is 5.60 Å². The van der Waals surface area contributed by atoms with Crippen molar-refractivity contribution in [2.45, 2.75) is 38.5 Å². The lowest BCUT2D eigenvalue weighted by Gasteiger charge is -2.26. The molecule has 2 heterocycles. The van der Waals surface area contributed by atoms with E-state index in [9.17, 15) is 0 Å². The van der Waals surface area contributed by atoms with Gasteiger partial charge in [0, 0.05) is 12.6 Å². The summed E-state index contributed by atoms with van der Waals surface area (Å²) in [6.07, 6.45) is 4.24. The van der Waals surface area contributed by atoms with E-state index in [1.807, 2.05) is 0 Å². The third-order valence-electron chi connectivity index (χ3n) is 2.73. The Morgan fingerprint density at radius 2 is 2.50 bits per heavy atom. The van der Waals surface area contributed by atoms with E-state index in [0.29, 0.717) is 6.04 Å². The minimum absolute atomic E-state index is 0.0694. The molecule has 0 radical (unpaired) electrons. The minimum Gasteiger partial charge on any atom is -0.447 e. The van der Waals surface area contributed by atoms with Gasteiger partial charge in [0.05, 0.1) is 18.3 Å². The first-order valence-electron chi connectivity index (χ1n) is 4.93. The highest BCUT2D eigenvalue weighted by Gasteiger charge is 2.35. The van der Waals surface area contributed by atoms with Crippen molar-refractivity contribution in [2.24, 2.45) is 0 Å². The lowest BCUT2D eigenvalue weighted by Crippen LogP contribution is -2.42. The summed E-state index contributed by atoms with van der Waals surface area (Å²) in [5.74, 6) is 0.868. The molecule has 0 spiro atoms. The lowest BCUT2D eigenvalue weighted by molar-refractivity contribution is 0.0211. The summed E-state index contributed by atoms with van der Waals surface area (Å²) in [6, 6.07) is 0.396. The Labute approximate surface area is 83.7 Å². The Morgan fingerprint density at radius 3 is 3.07 bits per heavy atom. The summed E-state index contributed by atoms with van der Waals surface area (Å²) in [6.45, 7) is 5.77. The Balaban J connectivity index is 1.86. The lowest BCUT2D eigenvalue weighted by atomic mass is 9.99. The van der Waals surface area contributed by atoms with E-state index in [0.717, 1.165) is 25.3 Å². The predicted octanol–water partition coefficient (Wildman–Crippen LogP) is 1.33. The van der Waals surface area contributed by atoms with E-state index in [2.05, 4.69) is 24.1 Å². The van der Waals surface area contributed by atoms with Crippen LogP contribution in [0.15, 0.2) is 17.0 Å². The minimum atomic E-state index is -0.0694. The molecule has 14 heavy (non-hydrogen) atoms. The normalized spacial score (nSPS) is 25.4. The van der Waals surface area contributed by atoms with Gasteiger partial charge >= 0.3 is 0 Å². The fraction of sp³-hybridized carbons (Fsp3) is 0.700. The van der Waals surface area contributed by atoms with Crippen molar-refractivity contribution in [1.82, 2.24) is 10.3 Å². The molecule has 1 atom stereocenters. The van der Waals surface area contributed by atoms with Crippen LogP contribution in [0, 0.1) is 0 Å². The van der Waals surface area contributed by atoms with E-state index >= 15 is 0 Å². The van der Waals surface area contributed by atoms with Crippen LogP contribution in [-0.4, -0.2) is 23.2 Å².